The maximum Gasteiger partial charge on any atom is 0.252 e. The van der Waals surface area contributed by atoms with Crippen LogP contribution < -0.4 is 10.6 Å². The summed E-state index contributed by atoms with van der Waals surface area (Å²) >= 11 is 0. The van der Waals surface area contributed by atoms with E-state index in [1.54, 1.807) is 19.9 Å². The van der Waals surface area contributed by atoms with Crippen LogP contribution in [0.15, 0.2) is 42.5 Å². The first-order valence-electron chi connectivity index (χ1n) is 10.3. The van der Waals surface area contributed by atoms with Gasteiger partial charge in [0.1, 0.15) is 18.2 Å². The molecule has 2 aromatic rings. The van der Waals surface area contributed by atoms with Crippen molar-refractivity contribution in [1.29, 1.82) is 0 Å². The van der Waals surface area contributed by atoms with Crippen LogP contribution in [0, 0.1) is 5.41 Å². The van der Waals surface area contributed by atoms with Crippen LogP contribution in [0.4, 0.5) is 0 Å². The third kappa shape index (κ3) is 4.54. The summed E-state index contributed by atoms with van der Waals surface area (Å²) < 4.78 is 5.41. The zero-order valence-electron chi connectivity index (χ0n) is 18.2. The lowest BCUT2D eigenvalue weighted by molar-refractivity contribution is -0.131. The fourth-order valence-corrected chi connectivity index (χ4v) is 3.74. The van der Waals surface area contributed by atoms with E-state index in [1.807, 2.05) is 57.2 Å². The van der Waals surface area contributed by atoms with E-state index in [4.69, 9.17) is 4.74 Å². The van der Waals surface area contributed by atoms with Gasteiger partial charge in [0.2, 0.25) is 5.91 Å². The van der Waals surface area contributed by atoms with E-state index in [2.05, 4.69) is 10.6 Å². The average Bonchev–Trinajstić information content (AvgIpc) is 2.93. The standard InChI is InChI=1S/C24H30N2O4/c1-15-24(5,20(27)14-30-15)26-22(29)19(13-23(2,3)4)25-21(28)18-12-8-10-16-9-6-7-11-17(16)18/h6-12,15,19H,13-14H2,1-5H3,(H,25,28)(H,26,29)/t15-,19+,24-/m1/s1. The number of carbonyl (C=O) groups is 3. The van der Waals surface area contributed by atoms with Gasteiger partial charge in [-0.3, -0.25) is 14.4 Å². The van der Waals surface area contributed by atoms with Crippen molar-refractivity contribution in [2.45, 2.75) is 58.7 Å². The van der Waals surface area contributed by atoms with Crippen molar-refractivity contribution in [3.05, 3.63) is 48.0 Å². The smallest absolute Gasteiger partial charge is 0.252 e. The Morgan fingerprint density at radius 2 is 1.83 bits per heavy atom. The predicted molar refractivity (Wildman–Crippen MR) is 116 cm³/mol. The molecule has 2 N–H and O–H groups in total. The van der Waals surface area contributed by atoms with Crippen LogP contribution in [-0.2, 0) is 14.3 Å². The highest BCUT2D eigenvalue weighted by Gasteiger charge is 2.47. The maximum atomic E-state index is 13.2. The number of amides is 2. The van der Waals surface area contributed by atoms with E-state index in [-0.39, 0.29) is 29.6 Å². The van der Waals surface area contributed by atoms with E-state index in [9.17, 15) is 14.4 Å². The predicted octanol–water partition coefficient (Wildman–Crippen LogP) is 3.24. The Morgan fingerprint density at radius 3 is 2.47 bits per heavy atom. The Balaban J connectivity index is 1.86. The van der Waals surface area contributed by atoms with Crippen molar-refractivity contribution in [2.75, 3.05) is 6.61 Å². The van der Waals surface area contributed by atoms with E-state index >= 15 is 0 Å². The fraction of sp³-hybridized carbons (Fsp3) is 0.458. The number of ketones is 1. The molecule has 3 rings (SSSR count). The van der Waals surface area contributed by atoms with Gasteiger partial charge < -0.3 is 15.4 Å². The van der Waals surface area contributed by atoms with Crippen molar-refractivity contribution in [3.8, 4) is 0 Å². The van der Waals surface area contributed by atoms with E-state index in [0.29, 0.717) is 12.0 Å². The summed E-state index contributed by atoms with van der Waals surface area (Å²) in [5.41, 5.74) is -0.798. The summed E-state index contributed by atoms with van der Waals surface area (Å²) in [5, 5.41) is 7.52. The third-order valence-electron chi connectivity index (χ3n) is 5.71. The summed E-state index contributed by atoms with van der Waals surface area (Å²) in [4.78, 5) is 38.6. The molecule has 1 heterocycles. The molecular formula is C24H30N2O4. The number of ether oxygens (including phenoxy) is 1. The Hall–Kier alpha value is -2.73. The minimum absolute atomic E-state index is 0.0236. The number of Topliss-reactive ketones (excluding diaryl/α,β-unsaturated/α-hetero) is 1. The largest absolute Gasteiger partial charge is 0.368 e. The SMILES string of the molecule is C[C@H]1OCC(=O)[C@]1(C)NC(=O)[C@H](CC(C)(C)C)NC(=O)c1cccc2ccccc12. The van der Waals surface area contributed by atoms with Gasteiger partial charge >= 0.3 is 0 Å². The molecule has 0 unspecified atom stereocenters. The molecule has 2 aromatic carbocycles. The molecule has 0 bridgehead atoms. The Kier molecular flexibility index (Phi) is 5.99. The molecular weight excluding hydrogens is 380 g/mol. The highest BCUT2D eigenvalue weighted by Crippen LogP contribution is 2.25. The van der Waals surface area contributed by atoms with Gasteiger partial charge in [-0.15, -0.1) is 0 Å². The molecule has 0 spiro atoms. The molecule has 1 fully saturated rings. The monoisotopic (exact) mass is 410 g/mol. The molecule has 1 saturated heterocycles. The van der Waals surface area contributed by atoms with Gasteiger partial charge in [-0.2, -0.15) is 0 Å². The van der Waals surface area contributed by atoms with Crippen LogP contribution in [0.2, 0.25) is 0 Å². The van der Waals surface area contributed by atoms with Crippen LogP contribution in [0.25, 0.3) is 10.8 Å². The van der Waals surface area contributed by atoms with Gasteiger partial charge in [0.15, 0.2) is 5.78 Å². The van der Waals surface area contributed by atoms with Gasteiger partial charge in [0, 0.05) is 5.56 Å². The third-order valence-corrected chi connectivity index (χ3v) is 5.71. The summed E-state index contributed by atoms with van der Waals surface area (Å²) in [7, 11) is 0. The summed E-state index contributed by atoms with van der Waals surface area (Å²) in [6.45, 7) is 9.43. The highest BCUT2D eigenvalue weighted by atomic mass is 16.5. The minimum atomic E-state index is -1.10. The lowest BCUT2D eigenvalue weighted by atomic mass is 9.86. The van der Waals surface area contributed by atoms with Gasteiger partial charge in [-0.05, 0) is 42.5 Å². The van der Waals surface area contributed by atoms with Crippen molar-refractivity contribution in [1.82, 2.24) is 10.6 Å². The number of benzene rings is 2. The summed E-state index contributed by atoms with van der Waals surface area (Å²) in [6, 6.07) is 12.4. The summed E-state index contributed by atoms with van der Waals surface area (Å²) in [5.74, 6) is -0.867. The summed E-state index contributed by atoms with van der Waals surface area (Å²) in [6.07, 6.45) is -0.00696. The maximum absolute atomic E-state index is 13.2. The molecule has 0 aromatic heterocycles. The Bertz CT molecular complexity index is 973. The lowest BCUT2D eigenvalue weighted by Gasteiger charge is -2.32. The molecule has 160 valence electrons. The Morgan fingerprint density at radius 1 is 1.17 bits per heavy atom. The van der Waals surface area contributed by atoms with Gasteiger partial charge in [-0.1, -0.05) is 57.2 Å². The molecule has 6 heteroatoms. The highest BCUT2D eigenvalue weighted by molar-refractivity contribution is 6.08. The first kappa shape index (κ1) is 22.0. The fourth-order valence-electron chi connectivity index (χ4n) is 3.74. The number of hydrogen-bond donors (Lipinski definition) is 2. The zero-order chi connectivity index (χ0) is 22.1. The topological polar surface area (TPSA) is 84.5 Å². The normalized spacial score (nSPS) is 22.7. The molecule has 0 radical (unpaired) electrons. The van der Waals surface area contributed by atoms with Gasteiger partial charge in [-0.25, -0.2) is 0 Å². The molecule has 1 aliphatic heterocycles. The number of rotatable bonds is 5. The quantitative estimate of drug-likeness (QED) is 0.793. The number of fused-ring (bicyclic) bond motifs is 1. The minimum Gasteiger partial charge on any atom is -0.368 e. The molecule has 3 atom stereocenters. The second-order valence-corrected chi connectivity index (χ2v) is 9.39. The van der Waals surface area contributed by atoms with Crippen LogP contribution >= 0.6 is 0 Å². The lowest BCUT2D eigenvalue weighted by Crippen LogP contribution is -2.60. The second-order valence-electron chi connectivity index (χ2n) is 9.39. The van der Waals surface area contributed by atoms with Gasteiger partial charge in [0.05, 0.1) is 6.10 Å². The van der Waals surface area contributed by atoms with E-state index < -0.39 is 17.7 Å². The van der Waals surface area contributed by atoms with Crippen molar-refractivity contribution in [3.63, 3.8) is 0 Å². The molecule has 6 nitrogen and oxygen atoms in total. The molecule has 0 aliphatic carbocycles. The van der Waals surface area contributed by atoms with Crippen LogP contribution in [-0.4, -0.2) is 41.9 Å². The Labute approximate surface area is 177 Å². The van der Waals surface area contributed by atoms with Crippen molar-refractivity contribution >= 4 is 28.4 Å². The van der Waals surface area contributed by atoms with Crippen molar-refractivity contribution in [2.24, 2.45) is 5.41 Å². The van der Waals surface area contributed by atoms with E-state index in [0.717, 1.165) is 10.8 Å². The van der Waals surface area contributed by atoms with Gasteiger partial charge in [0.25, 0.3) is 5.91 Å². The van der Waals surface area contributed by atoms with Crippen LogP contribution in [0.5, 0.6) is 0 Å². The second kappa shape index (κ2) is 8.19. The number of nitrogens with one attached hydrogen (secondary N) is 2. The van der Waals surface area contributed by atoms with Crippen molar-refractivity contribution < 1.29 is 19.1 Å². The molecule has 1 aliphatic rings. The molecule has 0 saturated carbocycles. The first-order chi connectivity index (χ1) is 14.0. The molecule has 30 heavy (non-hydrogen) atoms. The molecule has 2 amide bonds. The first-order valence-corrected chi connectivity index (χ1v) is 10.3. The van der Waals surface area contributed by atoms with Crippen LogP contribution in [0.3, 0.4) is 0 Å². The number of hydrogen-bond acceptors (Lipinski definition) is 4. The van der Waals surface area contributed by atoms with Crippen LogP contribution in [0.1, 0.15) is 51.4 Å². The number of carbonyl (C=O) groups excluding carboxylic acids is 3. The zero-order valence-corrected chi connectivity index (χ0v) is 18.2. The van der Waals surface area contributed by atoms with E-state index in [1.165, 1.54) is 0 Å². The average molecular weight is 411 g/mol.